The van der Waals surface area contributed by atoms with Crippen molar-refractivity contribution < 1.29 is 17.5 Å². The summed E-state index contributed by atoms with van der Waals surface area (Å²) in [6, 6.07) is 6.14. The summed E-state index contributed by atoms with van der Waals surface area (Å²) in [7, 11) is -0.702. The molecule has 0 fully saturated rings. The molecule has 0 amide bonds. The van der Waals surface area contributed by atoms with Crippen LogP contribution in [-0.2, 0) is 27.4 Å². The Bertz CT molecular complexity index is 848. The van der Waals surface area contributed by atoms with Gasteiger partial charge in [0, 0.05) is 26.3 Å². The third kappa shape index (κ3) is 3.35. The second kappa shape index (κ2) is 6.62. The van der Waals surface area contributed by atoms with E-state index < -0.39 is 21.4 Å². The quantitative estimate of drug-likeness (QED) is 0.860. The average Bonchev–Trinajstić information content (AvgIpc) is 2.79. The third-order valence-electron chi connectivity index (χ3n) is 4.21. The normalized spacial score (nSPS) is 14.6. The monoisotopic (exact) mass is 355 g/mol. The molecule has 0 unspecified atom stereocenters. The van der Waals surface area contributed by atoms with Crippen LogP contribution in [0, 0.1) is 19.7 Å². The Kier molecular flexibility index (Phi) is 5.12. The van der Waals surface area contributed by atoms with Crippen LogP contribution in [0.3, 0.4) is 0 Å². The predicted octanol–water partition coefficient (Wildman–Crippen LogP) is 2.02. The van der Waals surface area contributed by atoms with Crippen LogP contribution in [0.1, 0.15) is 23.9 Å². The van der Waals surface area contributed by atoms with Crippen LogP contribution in [0.2, 0.25) is 0 Å². The Labute approximate surface area is 141 Å². The van der Waals surface area contributed by atoms with Crippen LogP contribution < -0.4 is 4.72 Å². The summed E-state index contributed by atoms with van der Waals surface area (Å²) in [4.78, 5) is 0.136. The number of sulfonamides is 1. The van der Waals surface area contributed by atoms with Gasteiger partial charge >= 0.3 is 0 Å². The second-order valence-electron chi connectivity index (χ2n) is 5.86. The minimum atomic E-state index is -3.80. The Morgan fingerprint density at radius 2 is 1.96 bits per heavy atom. The van der Waals surface area contributed by atoms with Crippen molar-refractivity contribution in [2.75, 3.05) is 13.7 Å². The van der Waals surface area contributed by atoms with Crippen LogP contribution >= 0.6 is 0 Å². The lowest BCUT2D eigenvalue weighted by Crippen LogP contribution is -2.40. The summed E-state index contributed by atoms with van der Waals surface area (Å²) in [6.07, 6.45) is 0. The summed E-state index contributed by atoms with van der Waals surface area (Å²) in [6.45, 7) is 4.84. The van der Waals surface area contributed by atoms with E-state index >= 15 is 0 Å². The van der Waals surface area contributed by atoms with E-state index in [9.17, 15) is 12.8 Å². The highest BCUT2D eigenvalue weighted by molar-refractivity contribution is 7.89. The molecule has 0 spiro atoms. The van der Waals surface area contributed by atoms with Crippen LogP contribution in [-0.4, -0.2) is 31.9 Å². The Morgan fingerprint density at radius 3 is 2.46 bits per heavy atom. The number of nitrogens with one attached hydrogen (secondary N) is 1. The summed E-state index contributed by atoms with van der Waals surface area (Å²) in [5, 5.41) is 4.12. The maximum atomic E-state index is 14.1. The average molecular weight is 355 g/mol. The van der Waals surface area contributed by atoms with E-state index in [4.69, 9.17) is 4.74 Å². The molecule has 1 atom stereocenters. The van der Waals surface area contributed by atoms with Crippen LogP contribution in [0.5, 0.6) is 0 Å². The SMILES string of the molecule is CO[C@](C)(CNS(=O)(=O)c1c(C)nn(C)c1C)c1ccccc1F. The third-order valence-corrected chi connectivity index (χ3v) is 5.86. The molecule has 8 heteroatoms. The fourth-order valence-corrected chi connectivity index (χ4v) is 4.18. The predicted molar refractivity (Wildman–Crippen MR) is 88.6 cm³/mol. The van der Waals surface area contributed by atoms with E-state index in [2.05, 4.69) is 9.82 Å². The zero-order valence-corrected chi connectivity index (χ0v) is 15.2. The number of methoxy groups -OCH3 is 1. The van der Waals surface area contributed by atoms with Gasteiger partial charge in [-0.3, -0.25) is 4.68 Å². The number of hydrogen-bond acceptors (Lipinski definition) is 4. The standard InChI is InChI=1S/C16H22FN3O3S/c1-11-15(12(2)20(4)19-11)24(21,22)18-10-16(3,23-5)13-8-6-7-9-14(13)17/h6-9,18H,10H2,1-5H3/t16-/m1/s1. The number of rotatable bonds is 6. The van der Waals surface area contributed by atoms with Crippen molar-refractivity contribution in [1.82, 2.24) is 14.5 Å². The second-order valence-corrected chi connectivity index (χ2v) is 7.57. The number of benzene rings is 1. The molecule has 1 heterocycles. The number of hydrogen-bond donors (Lipinski definition) is 1. The first-order valence-corrected chi connectivity index (χ1v) is 8.90. The molecule has 6 nitrogen and oxygen atoms in total. The first-order valence-electron chi connectivity index (χ1n) is 7.42. The molecule has 1 aromatic carbocycles. The van der Waals surface area contributed by atoms with Crippen LogP contribution in [0.25, 0.3) is 0 Å². The number of ether oxygens (including phenoxy) is 1. The fraction of sp³-hybridized carbons (Fsp3) is 0.438. The summed E-state index contributed by atoms with van der Waals surface area (Å²) < 4.78 is 48.8. The van der Waals surface area contributed by atoms with Crippen molar-refractivity contribution in [3.05, 3.63) is 47.0 Å². The first-order chi connectivity index (χ1) is 11.1. The van der Waals surface area contributed by atoms with Crippen molar-refractivity contribution >= 4 is 10.0 Å². The molecule has 0 aliphatic carbocycles. The highest BCUT2D eigenvalue weighted by Gasteiger charge is 2.32. The van der Waals surface area contributed by atoms with Crippen molar-refractivity contribution in [3.8, 4) is 0 Å². The Morgan fingerprint density at radius 1 is 1.33 bits per heavy atom. The van der Waals surface area contributed by atoms with Gasteiger partial charge in [0.2, 0.25) is 10.0 Å². The van der Waals surface area contributed by atoms with Crippen molar-refractivity contribution in [2.24, 2.45) is 7.05 Å². The fourth-order valence-electron chi connectivity index (χ4n) is 2.62. The van der Waals surface area contributed by atoms with Crippen molar-refractivity contribution in [2.45, 2.75) is 31.3 Å². The molecule has 0 aliphatic rings. The van der Waals surface area contributed by atoms with E-state index in [-0.39, 0.29) is 17.0 Å². The minimum Gasteiger partial charge on any atom is -0.372 e. The molecule has 0 radical (unpaired) electrons. The first kappa shape index (κ1) is 18.6. The van der Waals surface area contributed by atoms with Crippen LogP contribution in [0.15, 0.2) is 29.2 Å². The van der Waals surface area contributed by atoms with Gasteiger partial charge in [0.05, 0.1) is 11.4 Å². The van der Waals surface area contributed by atoms with Gasteiger partial charge in [-0.2, -0.15) is 5.10 Å². The molecule has 0 saturated heterocycles. The van der Waals surface area contributed by atoms with Gasteiger partial charge in [-0.1, -0.05) is 18.2 Å². The van der Waals surface area contributed by atoms with Gasteiger partial charge in [0.25, 0.3) is 0 Å². The lowest BCUT2D eigenvalue weighted by molar-refractivity contribution is 0.00410. The van der Waals surface area contributed by atoms with Crippen molar-refractivity contribution in [1.29, 1.82) is 0 Å². The molecule has 0 aliphatic heterocycles. The molecule has 2 rings (SSSR count). The maximum absolute atomic E-state index is 14.1. The molecular formula is C16H22FN3O3S. The molecule has 1 N–H and O–H groups in total. The topological polar surface area (TPSA) is 73.2 Å². The smallest absolute Gasteiger partial charge is 0.244 e. The largest absolute Gasteiger partial charge is 0.372 e. The van der Waals surface area contributed by atoms with E-state index in [1.165, 1.54) is 17.9 Å². The van der Waals surface area contributed by atoms with E-state index in [1.807, 2.05) is 0 Å². The highest BCUT2D eigenvalue weighted by Crippen LogP contribution is 2.27. The summed E-state index contributed by atoms with van der Waals surface area (Å²) >= 11 is 0. The number of aryl methyl sites for hydroxylation is 2. The molecule has 0 saturated carbocycles. The van der Waals surface area contributed by atoms with E-state index in [0.717, 1.165) is 0 Å². The molecule has 24 heavy (non-hydrogen) atoms. The molecule has 1 aromatic heterocycles. The molecule has 132 valence electrons. The van der Waals surface area contributed by atoms with E-state index in [0.29, 0.717) is 11.4 Å². The lowest BCUT2D eigenvalue weighted by Gasteiger charge is -2.29. The van der Waals surface area contributed by atoms with Gasteiger partial charge in [0.15, 0.2) is 0 Å². The number of aromatic nitrogens is 2. The van der Waals surface area contributed by atoms with Gasteiger partial charge in [0.1, 0.15) is 16.3 Å². The van der Waals surface area contributed by atoms with E-state index in [1.54, 1.807) is 46.0 Å². The minimum absolute atomic E-state index is 0.111. The Hall–Kier alpha value is -1.77. The molecule has 0 bridgehead atoms. The molecule has 2 aromatic rings. The lowest BCUT2D eigenvalue weighted by atomic mass is 9.95. The van der Waals surface area contributed by atoms with Crippen LogP contribution in [0.4, 0.5) is 4.39 Å². The maximum Gasteiger partial charge on any atom is 0.244 e. The van der Waals surface area contributed by atoms with Gasteiger partial charge in [-0.25, -0.2) is 17.5 Å². The zero-order valence-electron chi connectivity index (χ0n) is 14.4. The summed E-state index contributed by atoms with van der Waals surface area (Å²) in [5.74, 6) is -0.449. The Balaban J connectivity index is 2.32. The van der Waals surface area contributed by atoms with Crippen molar-refractivity contribution in [3.63, 3.8) is 0 Å². The number of nitrogens with zero attached hydrogens (tertiary/aromatic N) is 2. The zero-order chi connectivity index (χ0) is 18.1. The van der Waals surface area contributed by atoms with Gasteiger partial charge < -0.3 is 4.74 Å². The molecular weight excluding hydrogens is 333 g/mol. The highest BCUT2D eigenvalue weighted by atomic mass is 32.2. The summed E-state index contributed by atoms with van der Waals surface area (Å²) in [5.41, 5.74) is 0.0926. The van der Waals surface area contributed by atoms with Gasteiger partial charge in [-0.15, -0.1) is 0 Å². The van der Waals surface area contributed by atoms with Gasteiger partial charge in [-0.05, 0) is 26.8 Å². The number of halogens is 1.